The van der Waals surface area contributed by atoms with Gasteiger partial charge in [0.25, 0.3) is 0 Å². The molecule has 0 saturated carbocycles. The van der Waals surface area contributed by atoms with Gasteiger partial charge in [0, 0.05) is 6.54 Å². The van der Waals surface area contributed by atoms with Gasteiger partial charge in [-0.3, -0.25) is 4.90 Å². The van der Waals surface area contributed by atoms with Gasteiger partial charge in [-0.15, -0.1) is 0 Å². The standard InChI is InChI=1S/C12H16N2/c1-3-14(4-2)10-12-7-5-11(9-13)6-8-12/h5-8H,3-4,10H2,1-2H3. The van der Waals surface area contributed by atoms with E-state index in [2.05, 4.69) is 24.8 Å². The van der Waals surface area contributed by atoms with E-state index in [0.29, 0.717) is 0 Å². The molecule has 0 fully saturated rings. The van der Waals surface area contributed by atoms with E-state index in [4.69, 9.17) is 5.26 Å². The molecule has 0 saturated heterocycles. The Morgan fingerprint density at radius 2 is 1.71 bits per heavy atom. The van der Waals surface area contributed by atoms with Gasteiger partial charge in [0.15, 0.2) is 0 Å². The van der Waals surface area contributed by atoms with Crippen LogP contribution in [0.4, 0.5) is 0 Å². The van der Waals surface area contributed by atoms with Crippen LogP contribution in [0, 0.1) is 11.3 Å². The number of hydrogen-bond acceptors (Lipinski definition) is 2. The molecule has 0 unspecified atom stereocenters. The van der Waals surface area contributed by atoms with Crippen LogP contribution in [0.25, 0.3) is 0 Å². The Kier molecular flexibility index (Phi) is 4.15. The fraction of sp³-hybridized carbons (Fsp3) is 0.417. The minimum Gasteiger partial charge on any atom is -0.300 e. The molecule has 0 N–H and O–H groups in total. The highest BCUT2D eigenvalue weighted by Gasteiger charge is 2.00. The van der Waals surface area contributed by atoms with Crippen LogP contribution >= 0.6 is 0 Å². The summed E-state index contributed by atoms with van der Waals surface area (Å²) < 4.78 is 0. The summed E-state index contributed by atoms with van der Waals surface area (Å²) in [5.74, 6) is 0. The molecule has 14 heavy (non-hydrogen) atoms. The first kappa shape index (κ1) is 10.7. The van der Waals surface area contributed by atoms with Crippen molar-refractivity contribution in [1.29, 1.82) is 5.26 Å². The molecule has 0 aromatic heterocycles. The van der Waals surface area contributed by atoms with Gasteiger partial charge < -0.3 is 0 Å². The lowest BCUT2D eigenvalue weighted by Crippen LogP contribution is -2.21. The molecule has 0 aliphatic carbocycles. The fourth-order valence-corrected chi connectivity index (χ4v) is 1.39. The molecule has 1 aromatic carbocycles. The highest BCUT2D eigenvalue weighted by atomic mass is 15.1. The smallest absolute Gasteiger partial charge is 0.0991 e. The molecular formula is C12H16N2. The van der Waals surface area contributed by atoms with Gasteiger partial charge >= 0.3 is 0 Å². The van der Waals surface area contributed by atoms with Crippen LogP contribution in [0.2, 0.25) is 0 Å². The van der Waals surface area contributed by atoms with E-state index in [9.17, 15) is 0 Å². The van der Waals surface area contributed by atoms with Crippen molar-refractivity contribution in [3.8, 4) is 6.07 Å². The Hall–Kier alpha value is -1.33. The minimum atomic E-state index is 0.730. The van der Waals surface area contributed by atoms with Crippen LogP contribution < -0.4 is 0 Å². The van der Waals surface area contributed by atoms with Crippen LogP contribution in [0.5, 0.6) is 0 Å². The van der Waals surface area contributed by atoms with Gasteiger partial charge in [0.2, 0.25) is 0 Å². The molecule has 0 heterocycles. The molecule has 0 radical (unpaired) electrons. The molecule has 0 bridgehead atoms. The third-order valence-corrected chi connectivity index (χ3v) is 2.38. The number of rotatable bonds is 4. The molecule has 2 nitrogen and oxygen atoms in total. The van der Waals surface area contributed by atoms with Crippen LogP contribution in [0.3, 0.4) is 0 Å². The molecule has 2 heteroatoms. The van der Waals surface area contributed by atoms with Gasteiger partial charge in [0.05, 0.1) is 11.6 Å². The minimum absolute atomic E-state index is 0.730. The molecular weight excluding hydrogens is 172 g/mol. The third-order valence-electron chi connectivity index (χ3n) is 2.38. The van der Waals surface area contributed by atoms with Crippen LogP contribution in [-0.2, 0) is 6.54 Å². The van der Waals surface area contributed by atoms with Crippen molar-refractivity contribution in [3.05, 3.63) is 35.4 Å². The Morgan fingerprint density at radius 3 is 2.14 bits per heavy atom. The zero-order valence-electron chi connectivity index (χ0n) is 8.83. The van der Waals surface area contributed by atoms with Gasteiger partial charge in [-0.05, 0) is 30.8 Å². The maximum atomic E-state index is 8.64. The fourth-order valence-electron chi connectivity index (χ4n) is 1.39. The molecule has 74 valence electrons. The zero-order chi connectivity index (χ0) is 10.4. The molecule has 1 rings (SSSR count). The average molecular weight is 188 g/mol. The van der Waals surface area contributed by atoms with Crippen molar-refractivity contribution >= 4 is 0 Å². The van der Waals surface area contributed by atoms with E-state index >= 15 is 0 Å². The summed E-state index contributed by atoms with van der Waals surface area (Å²) in [7, 11) is 0. The maximum Gasteiger partial charge on any atom is 0.0991 e. The Balaban J connectivity index is 2.64. The van der Waals surface area contributed by atoms with E-state index < -0.39 is 0 Å². The summed E-state index contributed by atoms with van der Waals surface area (Å²) in [6.45, 7) is 7.42. The summed E-state index contributed by atoms with van der Waals surface area (Å²) in [4.78, 5) is 2.35. The van der Waals surface area contributed by atoms with Crippen LogP contribution in [-0.4, -0.2) is 18.0 Å². The molecule has 0 aliphatic heterocycles. The summed E-state index contributed by atoms with van der Waals surface area (Å²) in [5.41, 5.74) is 2.00. The van der Waals surface area contributed by atoms with Crippen LogP contribution in [0.15, 0.2) is 24.3 Å². The molecule has 0 spiro atoms. The second kappa shape index (κ2) is 5.41. The van der Waals surface area contributed by atoms with E-state index in [-0.39, 0.29) is 0 Å². The van der Waals surface area contributed by atoms with Crippen LogP contribution in [0.1, 0.15) is 25.0 Å². The summed E-state index contributed by atoms with van der Waals surface area (Å²) in [6.07, 6.45) is 0. The predicted molar refractivity (Wildman–Crippen MR) is 57.8 cm³/mol. The number of hydrogen-bond donors (Lipinski definition) is 0. The summed E-state index contributed by atoms with van der Waals surface area (Å²) in [6, 6.07) is 9.92. The average Bonchev–Trinajstić information content (AvgIpc) is 2.26. The quantitative estimate of drug-likeness (QED) is 0.725. The summed E-state index contributed by atoms with van der Waals surface area (Å²) >= 11 is 0. The lowest BCUT2D eigenvalue weighted by Gasteiger charge is -2.17. The molecule has 0 atom stereocenters. The normalized spacial score (nSPS) is 10.1. The van der Waals surface area contributed by atoms with Crippen molar-refractivity contribution in [2.45, 2.75) is 20.4 Å². The lowest BCUT2D eigenvalue weighted by molar-refractivity contribution is 0.296. The van der Waals surface area contributed by atoms with E-state index in [1.165, 1.54) is 5.56 Å². The Morgan fingerprint density at radius 1 is 1.14 bits per heavy atom. The molecule has 0 amide bonds. The molecule has 0 aliphatic rings. The van der Waals surface area contributed by atoms with Gasteiger partial charge in [0.1, 0.15) is 0 Å². The van der Waals surface area contributed by atoms with Crippen molar-refractivity contribution < 1.29 is 0 Å². The topological polar surface area (TPSA) is 27.0 Å². The first-order chi connectivity index (χ1) is 6.80. The monoisotopic (exact) mass is 188 g/mol. The first-order valence-corrected chi connectivity index (χ1v) is 5.01. The SMILES string of the molecule is CCN(CC)Cc1ccc(C#N)cc1. The number of nitriles is 1. The lowest BCUT2D eigenvalue weighted by atomic mass is 10.1. The predicted octanol–water partition coefficient (Wildman–Crippen LogP) is 2.40. The Labute approximate surface area is 85.8 Å². The van der Waals surface area contributed by atoms with Crippen molar-refractivity contribution in [2.75, 3.05) is 13.1 Å². The second-order valence-electron chi connectivity index (χ2n) is 3.27. The highest BCUT2D eigenvalue weighted by Crippen LogP contribution is 2.06. The van der Waals surface area contributed by atoms with E-state index in [1.54, 1.807) is 0 Å². The summed E-state index contributed by atoms with van der Waals surface area (Å²) in [5, 5.41) is 8.64. The third kappa shape index (κ3) is 2.86. The van der Waals surface area contributed by atoms with Gasteiger partial charge in [-0.25, -0.2) is 0 Å². The first-order valence-electron chi connectivity index (χ1n) is 5.01. The number of benzene rings is 1. The number of nitrogens with zero attached hydrogens (tertiary/aromatic N) is 2. The van der Waals surface area contributed by atoms with Crippen molar-refractivity contribution in [3.63, 3.8) is 0 Å². The Bertz CT molecular complexity index is 304. The van der Waals surface area contributed by atoms with Crippen molar-refractivity contribution in [1.82, 2.24) is 4.90 Å². The molecule has 1 aromatic rings. The van der Waals surface area contributed by atoms with E-state index in [1.807, 2.05) is 24.3 Å². The second-order valence-corrected chi connectivity index (χ2v) is 3.27. The highest BCUT2D eigenvalue weighted by molar-refractivity contribution is 5.31. The van der Waals surface area contributed by atoms with Gasteiger partial charge in [-0.2, -0.15) is 5.26 Å². The van der Waals surface area contributed by atoms with Gasteiger partial charge in [-0.1, -0.05) is 26.0 Å². The van der Waals surface area contributed by atoms with E-state index in [0.717, 1.165) is 25.2 Å². The van der Waals surface area contributed by atoms with Crippen molar-refractivity contribution in [2.24, 2.45) is 0 Å². The largest absolute Gasteiger partial charge is 0.300 e. The maximum absolute atomic E-state index is 8.64. The zero-order valence-corrected chi connectivity index (χ0v) is 8.83.